The van der Waals surface area contributed by atoms with Gasteiger partial charge >= 0.3 is 6.09 Å². The second-order valence-corrected chi connectivity index (χ2v) is 7.51. The number of hydrogen-bond donors (Lipinski definition) is 5. The third kappa shape index (κ3) is 4.30. The molecule has 0 spiro atoms. The first-order valence-electron chi connectivity index (χ1n) is 8.44. The third-order valence-corrected chi connectivity index (χ3v) is 5.16. The lowest BCUT2D eigenvalue weighted by molar-refractivity contribution is -0.0748. The highest BCUT2D eigenvalue weighted by Gasteiger charge is 2.57. The molecule has 1 saturated heterocycles. The highest BCUT2D eigenvalue weighted by Crippen LogP contribution is 2.47. The molecule has 0 bridgehead atoms. The molecule has 7 nitrogen and oxygen atoms in total. The highest BCUT2D eigenvalue weighted by molar-refractivity contribution is 5.67. The Kier molecular flexibility index (Phi) is 7.37. The minimum Gasteiger partial charge on any atom is -0.465 e. The molecule has 0 aromatic heterocycles. The van der Waals surface area contributed by atoms with Crippen molar-refractivity contribution in [1.82, 2.24) is 4.90 Å². The van der Waals surface area contributed by atoms with Crippen LogP contribution in [-0.4, -0.2) is 50.6 Å². The van der Waals surface area contributed by atoms with Gasteiger partial charge in [0, 0.05) is 12.6 Å². The van der Waals surface area contributed by atoms with Gasteiger partial charge in [0.15, 0.2) is 0 Å². The van der Waals surface area contributed by atoms with Gasteiger partial charge in [-0.25, -0.2) is 10.7 Å². The number of likely N-dealkylation sites (tertiary alicyclic amines) is 1. The van der Waals surface area contributed by atoms with E-state index in [9.17, 15) is 15.0 Å². The second-order valence-electron chi connectivity index (χ2n) is 7.51. The fraction of sp³-hybridized carbons (Fsp3) is 0.611. The topological polar surface area (TPSA) is 133 Å². The first-order valence-corrected chi connectivity index (χ1v) is 8.44. The molecule has 1 heterocycles. The number of nitrogens with two attached hydrogens (primary N) is 2. The van der Waals surface area contributed by atoms with Crippen LogP contribution in [0.5, 0.6) is 0 Å². The van der Waals surface area contributed by atoms with Crippen LogP contribution in [0.4, 0.5) is 4.79 Å². The van der Waals surface area contributed by atoms with Gasteiger partial charge in [-0.15, -0.1) is 0 Å². The standard InChI is InChI=1S/C18H28N2O3.H3NO/c1-17(2,3)18(10-7-11-20(18)16(22)23)15(21)14(19)12-13-8-5-4-6-9-13;1-2/h4-6,8-9,14-15,21H,7,10-12,19H2,1-3H3,(H,22,23);2H,1H2/t14-,15-,18?;/m0./s1. The van der Waals surface area contributed by atoms with Gasteiger partial charge in [0.05, 0.1) is 11.6 Å². The monoisotopic (exact) mass is 353 g/mol. The lowest BCUT2D eigenvalue weighted by Gasteiger charge is -2.51. The summed E-state index contributed by atoms with van der Waals surface area (Å²) in [5.41, 5.74) is 6.09. The molecular formula is C18H31N3O4. The number of carboxylic acid groups (broad SMARTS) is 1. The zero-order chi connectivity index (χ0) is 19.3. The van der Waals surface area contributed by atoms with E-state index < -0.39 is 29.2 Å². The van der Waals surface area contributed by atoms with Gasteiger partial charge in [0.1, 0.15) is 0 Å². The van der Waals surface area contributed by atoms with Crippen molar-refractivity contribution in [2.75, 3.05) is 6.54 Å². The van der Waals surface area contributed by atoms with Crippen LogP contribution in [0.3, 0.4) is 0 Å². The molecule has 142 valence electrons. The Bertz CT molecular complexity index is 547. The van der Waals surface area contributed by atoms with Crippen LogP contribution >= 0.6 is 0 Å². The van der Waals surface area contributed by atoms with Gasteiger partial charge in [-0.3, -0.25) is 4.90 Å². The van der Waals surface area contributed by atoms with E-state index in [1.165, 1.54) is 4.90 Å². The predicted octanol–water partition coefficient (Wildman–Crippen LogP) is 1.81. The Balaban J connectivity index is 0.00000151. The van der Waals surface area contributed by atoms with Crippen molar-refractivity contribution >= 4 is 6.09 Å². The van der Waals surface area contributed by atoms with Crippen LogP contribution in [0, 0.1) is 5.41 Å². The average molecular weight is 353 g/mol. The molecule has 25 heavy (non-hydrogen) atoms. The summed E-state index contributed by atoms with van der Waals surface area (Å²) in [6, 6.07) is 9.24. The predicted molar refractivity (Wildman–Crippen MR) is 96.3 cm³/mol. The zero-order valence-corrected chi connectivity index (χ0v) is 15.2. The fourth-order valence-electron chi connectivity index (χ4n) is 3.99. The van der Waals surface area contributed by atoms with Gasteiger partial charge in [-0.05, 0) is 30.2 Å². The number of rotatable bonds is 4. The van der Waals surface area contributed by atoms with E-state index >= 15 is 0 Å². The van der Waals surface area contributed by atoms with Gasteiger partial charge in [0.25, 0.3) is 0 Å². The molecule has 1 aromatic carbocycles. The van der Waals surface area contributed by atoms with Crippen LogP contribution in [0.15, 0.2) is 30.3 Å². The number of nitrogens with zero attached hydrogens (tertiary/aromatic N) is 1. The van der Waals surface area contributed by atoms with E-state index in [2.05, 4.69) is 5.90 Å². The maximum absolute atomic E-state index is 11.7. The molecule has 1 aliphatic rings. The second kappa shape index (κ2) is 8.62. The van der Waals surface area contributed by atoms with E-state index in [4.69, 9.17) is 10.9 Å². The minimum absolute atomic E-state index is 0.407. The van der Waals surface area contributed by atoms with Crippen LogP contribution < -0.4 is 11.6 Å². The molecule has 1 aliphatic heterocycles. The Hall–Kier alpha value is -1.67. The lowest BCUT2D eigenvalue weighted by atomic mass is 9.66. The molecule has 0 aliphatic carbocycles. The molecule has 0 radical (unpaired) electrons. The van der Waals surface area contributed by atoms with Crippen molar-refractivity contribution in [1.29, 1.82) is 0 Å². The van der Waals surface area contributed by atoms with Gasteiger partial charge < -0.3 is 21.2 Å². The van der Waals surface area contributed by atoms with Crippen molar-refractivity contribution in [2.45, 2.75) is 57.7 Å². The molecular weight excluding hydrogens is 322 g/mol. The maximum Gasteiger partial charge on any atom is 0.407 e. The normalized spacial score (nSPS) is 22.8. The lowest BCUT2D eigenvalue weighted by Crippen LogP contribution is -2.66. The number of aliphatic hydroxyl groups is 1. The van der Waals surface area contributed by atoms with Crippen molar-refractivity contribution < 1.29 is 20.2 Å². The quantitative estimate of drug-likeness (QED) is 0.524. The summed E-state index contributed by atoms with van der Waals surface area (Å²) in [6.07, 6.45) is 0.00280. The van der Waals surface area contributed by atoms with Gasteiger partial charge in [-0.2, -0.15) is 0 Å². The van der Waals surface area contributed by atoms with Crippen molar-refractivity contribution in [2.24, 2.45) is 17.0 Å². The minimum atomic E-state index is -0.983. The first-order chi connectivity index (χ1) is 11.7. The molecule has 7 N–H and O–H groups in total. The number of hydrogen-bond acceptors (Lipinski definition) is 5. The molecule has 2 rings (SSSR count). The van der Waals surface area contributed by atoms with Crippen molar-refractivity contribution in [3.05, 3.63) is 35.9 Å². The van der Waals surface area contributed by atoms with E-state index in [-0.39, 0.29) is 0 Å². The van der Waals surface area contributed by atoms with E-state index in [1.807, 2.05) is 51.1 Å². The molecule has 0 saturated carbocycles. The Morgan fingerprint density at radius 2 is 1.84 bits per heavy atom. The van der Waals surface area contributed by atoms with E-state index in [0.717, 1.165) is 12.0 Å². The SMILES string of the molecule is CC(C)(C)C1([C@@H](O)[C@@H](N)Cc2ccccc2)CCCN1C(=O)O.NO. The Labute approximate surface area is 149 Å². The summed E-state index contributed by atoms with van der Waals surface area (Å²) in [4.78, 5) is 13.1. The number of benzene rings is 1. The Morgan fingerprint density at radius 1 is 1.28 bits per heavy atom. The molecule has 1 fully saturated rings. The van der Waals surface area contributed by atoms with Gasteiger partial charge in [-0.1, -0.05) is 51.1 Å². The van der Waals surface area contributed by atoms with Crippen LogP contribution in [0.25, 0.3) is 0 Å². The number of aliphatic hydroxyl groups excluding tert-OH is 1. The van der Waals surface area contributed by atoms with E-state index in [1.54, 1.807) is 0 Å². The summed E-state index contributed by atoms with van der Waals surface area (Å²) < 4.78 is 0. The molecule has 7 heteroatoms. The smallest absolute Gasteiger partial charge is 0.407 e. The van der Waals surface area contributed by atoms with Crippen molar-refractivity contribution in [3.63, 3.8) is 0 Å². The fourth-order valence-corrected chi connectivity index (χ4v) is 3.99. The zero-order valence-electron chi connectivity index (χ0n) is 15.2. The largest absolute Gasteiger partial charge is 0.465 e. The summed E-state index contributed by atoms with van der Waals surface area (Å²) in [7, 11) is 0. The third-order valence-electron chi connectivity index (χ3n) is 5.16. The summed E-state index contributed by atoms with van der Waals surface area (Å²) in [5, 5.41) is 27.2. The maximum atomic E-state index is 11.7. The Morgan fingerprint density at radius 3 is 2.32 bits per heavy atom. The van der Waals surface area contributed by atoms with Crippen LogP contribution in [0.2, 0.25) is 0 Å². The van der Waals surface area contributed by atoms with Crippen molar-refractivity contribution in [3.8, 4) is 0 Å². The van der Waals surface area contributed by atoms with Crippen LogP contribution in [0.1, 0.15) is 39.2 Å². The molecule has 1 amide bonds. The van der Waals surface area contributed by atoms with Crippen LogP contribution in [-0.2, 0) is 6.42 Å². The number of carbonyl (C=O) groups is 1. The summed E-state index contributed by atoms with van der Waals surface area (Å²) >= 11 is 0. The number of amides is 1. The average Bonchev–Trinajstić information content (AvgIpc) is 3.03. The van der Waals surface area contributed by atoms with E-state index in [0.29, 0.717) is 19.4 Å². The highest BCUT2D eigenvalue weighted by atomic mass is 16.4. The van der Waals surface area contributed by atoms with Gasteiger partial charge in [0.2, 0.25) is 0 Å². The molecule has 1 unspecified atom stereocenters. The molecule has 1 aromatic rings. The summed E-state index contributed by atoms with van der Waals surface area (Å²) in [5.74, 6) is 3.50. The summed E-state index contributed by atoms with van der Waals surface area (Å²) in [6.45, 7) is 6.38. The first kappa shape index (κ1) is 21.4. The molecule has 3 atom stereocenters.